The molecule has 2 amide bonds. The van der Waals surface area contributed by atoms with Crippen LogP contribution in [0.5, 0.6) is 0 Å². The van der Waals surface area contributed by atoms with Crippen LogP contribution < -0.4 is 5.73 Å². The average Bonchev–Trinajstić information content (AvgIpc) is 2.65. The van der Waals surface area contributed by atoms with Crippen molar-refractivity contribution in [2.24, 2.45) is 5.73 Å². The number of nitrogens with two attached hydrogens (primary N) is 1. The van der Waals surface area contributed by atoms with Gasteiger partial charge < -0.3 is 29.8 Å². The number of hydrogen-bond donors (Lipinski definition) is 2. The Morgan fingerprint density at radius 3 is 2.41 bits per heavy atom. The fourth-order valence-electron chi connectivity index (χ4n) is 2.31. The molecule has 3 N–H and O–H groups in total. The number of carboxylic acid groups (broad SMARTS) is 1. The summed E-state index contributed by atoms with van der Waals surface area (Å²) >= 11 is 1.49. The van der Waals surface area contributed by atoms with Gasteiger partial charge in [-0.1, -0.05) is 0 Å². The number of amides is 2. The molecule has 2 aliphatic heterocycles. The number of β-lactam (4-membered cyclic amide) rings is 1. The second-order valence-electron chi connectivity index (χ2n) is 5.90. The lowest BCUT2D eigenvalue weighted by Gasteiger charge is -2.43. The third-order valence-corrected chi connectivity index (χ3v) is 4.91. The van der Waals surface area contributed by atoms with E-state index in [1.54, 1.807) is 7.11 Å². The minimum Gasteiger partial charge on any atom is -0.477 e. The van der Waals surface area contributed by atoms with Gasteiger partial charge >= 0.3 is 11.9 Å². The van der Waals surface area contributed by atoms with E-state index in [2.05, 4.69) is 0 Å². The second-order valence-corrected chi connectivity index (χ2v) is 7.06. The summed E-state index contributed by atoms with van der Waals surface area (Å²) in [4.78, 5) is 44.7. The molecule has 0 aliphatic carbocycles. The first-order valence-electron chi connectivity index (χ1n) is 8.73. The van der Waals surface area contributed by atoms with E-state index in [4.69, 9.17) is 29.8 Å². The third kappa shape index (κ3) is 8.81. The maximum absolute atomic E-state index is 11.4. The standard InChI is InChI=1S/C10H11NO5S.C7H15NO4/c1-5(12)16-3-6-4-17-8-2-7(13)11(8)9(6)10(14)15;1-10-2-3-11-4-5-12-6-7(8)9/h8H,2-4H2,1H3,(H,14,15);2-6H2,1H3,(H2,8,9). The predicted octanol–water partition coefficient (Wildman–Crippen LogP) is -0.655. The summed E-state index contributed by atoms with van der Waals surface area (Å²) in [5, 5.41) is 9.04. The van der Waals surface area contributed by atoms with Gasteiger partial charge in [0.2, 0.25) is 11.8 Å². The Morgan fingerprint density at radius 1 is 1.21 bits per heavy atom. The monoisotopic (exact) mass is 434 g/mol. The Balaban J connectivity index is 0.000000311. The lowest BCUT2D eigenvalue weighted by atomic mass is 10.1. The Bertz CT molecular complexity index is 638. The van der Waals surface area contributed by atoms with E-state index in [-0.39, 0.29) is 30.2 Å². The summed E-state index contributed by atoms with van der Waals surface area (Å²) in [7, 11) is 1.60. The maximum Gasteiger partial charge on any atom is 0.352 e. The van der Waals surface area contributed by atoms with Crippen molar-refractivity contribution in [1.29, 1.82) is 0 Å². The Morgan fingerprint density at radius 2 is 1.86 bits per heavy atom. The quantitative estimate of drug-likeness (QED) is 0.243. The number of carboxylic acids is 1. The summed E-state index contributed by atoms with van der Waals surface area (Å²) in [6.07, 6.45) is 0.377. The molecule has 1 atom stereocenters. The van der Waals surface area contributed by atoms with Gasteiger partial charge in [-0.3, -0.25) is 19.3 Å². The number of nitrogens with zero attached hydrogens (tertiary/aromatic N) is 1. The number of hydrogen-bond acceptors (Lipinski definition) is 9. The number of esters is 1. The van der Waals surface area contributed by atoms with Crippen molar-refractivity contribution in [2.75, 3.05) is 52.5 Å². The number of methoxy groups -OCH3 is 1. The van der Waals surface area contributed by atoms with Gasteiger partial charge in [0.25, 0.3) is 0 Å². The molecule has 2 heterocycles. The van der Waals surface area contributed by atoms with Crippen molar-refractivity contribution >= 4 is 35.5 Å². The SMILES string of the molecule is CC(=O)OCC1=C(C(=O)O)N2C(=O)CC2SC1.COCCOCCOCC(N)=O. The van der Waals surface area contributed by atoms with E-state index in [0.717, 1.165) is 0 Å². The highest BCUT2D eigenvalue weighted by molar-refractivity contribution is 8.00. The normalized spacial score (nSPS) is 17.7. The molecule has 0 radical (unpaired) electrons. The van der Waals surface area contributed by atoms with Gasteiger partial charge in [0.1, 0.15) is 18.9 Å². The molecular weight excluding hydrogens is 408 g/mol. The Labute approximate surface area is 172 Å². The Kier molecular flexibility index (Phi) is 11.3. The first-order valence-corrected chi connectivity index (χ1v) is 9.77. The molecule has 0 saturated carbocycles. The van der Waals surface area contributed by atoms with Crippen molar-refractivity contribution < 1.29 is 43.2 Å². The Hall–Kier alpha value is -2.15. The number of fused-ring (bicyclic) bond motifs is 1. The average molecular weight is 434 g/mol. The molecule has 1 fully saturated rings. The van der Waals surface area contributed by atoms with Gasteiger partial charge in [-0.05, 0) is 0 Å². The molecule has 2 rings (SSSR count). The largest absolute Gasteiger partial charge is 0.477 e. The topological polar surface area (TPSA) is 155 Å². The lowest BCUT2D eigenvalue weighted by molar-refractivity contribution is -0.146. The van der Waals surface area contributed by atoms with Gasteiger partial charge in [0.15, 0.2) is 0 Å². The number of thioether (sulfide) groups is 1. The summed E-state index contributed by atoms with van der Waals surface area (Å²) in [5.74, 6) is -1.80. The van der Waals surface area contributed by atoms with Crippen LogP contribution in [0.25, 0.3) is 0 Å². The number of carbonyl (C=O) groups excluding carboxylic acids is 3. The molecule has 2 aliphatic rings. The lowest BCUT2D eigenvalue weighted by Crippen LogP contribution is -2.54. The minimum atomic E-state index is -1.15. The van der Waals surface area contributed by atoms with E-state index < -0.39 is 17.8 Å². The van der Waals surface area contributed by atoms with Gasteiger partial charge in [0, 0.05) is 25.4 Å². The van der Waals surface area contributed by atoms with E-state index >= 15 is 0 Å². The van der Waals surface area contributed by atoms with Crippen LogP contribution in [0.2, 0.25) is 0 Å². The van der Waals surface area contributed by atoms with Crippen LogP contribution in [0.3, 0.4) is 0 Å². The summed E-state index contributed by atoms with van der Waals surface area (Å²) in [6, 6.07) is 0. The highest BCUT2D eigenvalue weighted by atomic mass is 32.2. The zero-order chi connectivity index (χ0) is 21.8. The molecule has 1 saturated heterocycles. The zero-order valence-electron chi connectivity index (χ0n) is 16.4. The molecule has 11 nitrogen and oxygen atoms in total. The first kappa shape index (κ1) is 24.9. The van der Waals surface area contributed by atoms with Gasteiger partial charge in [-0.15, -0.1) is 11.8 Å². The van der Waals surface area contributed by atoms with Crippen LogP contribution in [-0.4, -0.2) is 91.6 Å². The fourth-order valence-corrected chi connectivity index (χ4v) is 3.56. The first-order chi connectivity index (χ1) is 13.8. The molecule has 12 heteroatoms. The van der Waals surface area contributed by atoms with Gasteiger partial charge in [-0.2, -0.15) is 0 Å². The van der Waals surface area contributed by atoms with Gasteiger partial charge in [-0.25, -0.2) is 4.79 Å². The zero-order valence-corrected chi connectivity index (χ0v) is 17.2. The molecule has 29 heavy (non-hydrogen) atoms. The highest BCUT2D eigenvalue weighted by Crippen LogP contribution is 2.39. The third-order valence-electron chi connectivity index (χ3n) is 3.63. The molecule has 1 unspecified atom stereocenters. The van der Waals surface area contributed by atoms with Crippen molar-refractivity contribution in [3.8, 4) is 0 Å². The summed E-state index contributed by atoms with van der Waals surface area (Å²) in [5.41, 5.74) is 5.28. The molecule has 0 bridgehead atoms. The molecule has 0 aromatic rings. The maximum atomic E-state index is 11.4. The van der Waals surface area contributed by atoms with Crippen LogP contribution in [-0.2, 0) is 38.1 Å². The minimum absolute atomic E-state index is 0.0220. The molecular formula is C17H26N2O9S. The number of primary amides is 1. The van der Waals surface area contributed by atoms with E-state index in [1.165, 1.54) is 23.6 Å². The number of aliphatic carboxylic acids is 1. The molecule has 164 valence electrons. The number of rotatable bonds is 11. The smallest absolute Gasteiger partial charge is 0.352 e. The fraction of sp³-hybridized carbons (Fsp3) is 0.647. The van der Waals surface area contributed by atoms with Crippen LogP contribution >= 0.6 is 11.8 Å². The predicted molar refractivity (Wildman–Crippen MR) is 102 cm³/mol. The number of carbonyl (C=O) groups is 4. The van der Waals surface area contributed by atoms with Crippen LogP contribution in [0.4, 0.5) is 0 Å². The van der Waals surface area contributed by atoms with Crippen LogP contribution in [0.15, 0.2) is 11.3 Å². The van der Waals surface area contributed by atoms with Crippen LogP contribution in [0.1, 0.15) is 13.3 Å². The highest BCUT2D eigenvalue weighted by Gasteiger charge is 2.45. The summed E-state index contributed by atoms with van der Waals surface area (Å²) < 4.78 is 19.4. The van der Waals surface area contributed by atoms with Crippen molar-refractivity contribution in [3.63, 3.8) is 0 Å². The molecule has 0 spiro atoms. The van der Waals surface area contributed by atoms with Crippen molar-refractivity contribution in [2.45, 2.75) is 18.7 Å². The molecule has 0 aromatic heterocycles. The van der Waals surface area contributed by atoms with Crippen molar-refractivity contribution in [3.05, 3.63) is 11.3 Å². The van der Waals surface area contributed by atoms with Crippen LogP contribution in [0, 0.1) is 0 Å². The molecule has 0 aromatic carbocycles. The second kappa shape index (κ2) is 13.1. The number of ether oxygens (including phenoxy) is 4. The summed E-state index contributed by atoms with van der Waals surface area (Å²) in [6.45, 7) is 3.08. The van der Waals surface area contributed by atoms with Crippen molar-refractivity contribution in [1.82, 2.24) is 4.90 Å². The van der Waals surface area contributed by atoms with E-state index in [1.807, 2.05) is 0 Å². The van der Waals surface area contributed by atoms with Gasteiger partial charge in [0.05, 0.1) is 38.2 Å². The van der Waals surface area contributed by atoms with E-state index in [9.17, 15) is 19.2 Å². The van der Waals surface area contributed by atoms with E-state index in [0.29, 0.717) is 44.2 Å².